The third kappa shape index (κ3) is 6.04. The van der Waals surface area contributed by atoms with Gasteiger partial charge in [-0.05, 0) is 35.9 Å². The molecule has 0 saturated carbocycles. The SMILES string of the molecule is CCN(C)S(=O)(=O)NC(=O)N[C@@H](Cc1cc(F)cc(F)c1)C(=O)N(C)c1ccc2scnc2c1. The van der Waals surface area contributed by atoms with E-state index in [2.05, 4.69) is 10.3 Å². The van der Waals surface area contributed by atoms with E-state index < -0.39 is 39.8 Å². The van der Waals surface area contributed by atoms with Gasteiger partial charge in [0.1, 0.15) is 17.7 Å². The van der Waals surface area contributed by atoms with Crippen LogP contribution in [0, 0.1) is 11.6 Å². The monoisotopic (exact) mass is 511 g/mol. The predicted molar refractivity (Wildman–Crippen MR) is 126 cm³/mol. The zero-order valence-electron chi connectivity index (χ0n) is 18.6. The highest BCUT2D eigenvalue weighted by Gasteiger charge is 2.28. The molecule has 0 unspecified atom stereocenters. The Hall–Kier alpha value is -3.16. The highest BCUT2D eigenvalue weighted by Crippen LogP contribution is 2.24. The number of carbonyl (C=O) groups is 2. The number of fused-ring (bicyclic) bond motifs is 1. The van der Waals surface area contributed by atoms with E-state index in [9.17, 15) is 26.8 Å². The van der Waals surface area contributed by atoms with Gasteiger partial charge in [-0.15, -0.1) is 11.3 Å². The van der Waals surface area contributed by atoms with Gasteiger partial charge in [0.25, 0.3) is 0 Å². The molecule has 0 aliphatic rings. The molecule has 0 aliphatic carbocycles. The maximum absolute atomic E-state index is 13.7. The quantitative estimate of drug-likeness (QED) is 0.483. The summed E-state index contributed by atoms with van der Waals surface area (Å²) in [5.41, 5.74) is 2.91. The summed E-state index contributed by atoms with van der Waals surface area (Å²) in [4.78, 5) is 31.2. The van der Waals surface area contributed by atoms with Crippen LogP contribution in [0.1, 0.15) is 12.5 Å². The molecule has 1 atom stereocenters. The number of halogens is 2. The molecular weight excluding hydrogens is 488 g/mol. The van der Waals surface area contributed by atoms with Crippen molar-refractivity contribution in [2.75, 3.05) is 25.5 Å². The number of urea groups is 1. The van der Waals surface area contributed by atoms with Crippen molar-refractivity contribution in [2.45, 2.75) is 19.4 Å². The standard InChI is InChI=1S/C21H23F2N5O4S2/c1-4-27(2)34(31,32)26-21(30)25-18(9-13-7-14(22)10-15(23)8-13)20(29)28(3)16-5-6-19-17(11-16)24-12-33-19/h5-8,10-12,18H,4,9H2,1-3H3,(H2,25,26,30)/t18-/m0/s1. The van der Waals surface area contributed by atoms with E-state index in [1.54, 1.807) is 30.6 Å². The van der Waals surface area contributed by atoms with Crippen LogP contribution >= 0.6 is 11.3 Å². The first-order chi connectivity index (χ1) is 16.0. The number of hydrogen-bond acceptors (Lipinski definition) is 6. The second kappa shape index (κ2) is 10.4. The summed E-state index contributed by atoms with van der Waals surface area (Å²) >= 11 is 1.43. The van der Waals surface area contributed by atoms with Gasteiger partial charge in [-0.3, -0.25) is 4.79 Å². The molecule has 1 heterocycles. The van der Waals surface area contributed by atoms with E-state index in [4.69, 9.17) is 0 Å². The lowest BCUT2D eigenvalue weighted by Crippen LogP contribution is -2.54. The van der Waals surface area contributed by atoms with Gasteiger partial charge >= 0.3 is 16.2 Å². The summed E-state index contributed by atoms with van der Waals surface area (Å²) in [7, 11) is -1.40. The molecule has 182 valence electrons. The van der Waals surface area contributed by atoms with E-state index in [1.165, 1.54) is 30.3 Å². The number of amides is 3. The summed E-state index contributed by atoms with van der Waals surface area (Å²) in [5.74, 6) is -2.32. The average Bonchev–Trinajstić information content (AvgIpc) is 3.23. The Bertz CT molecular complexity index is 1300. The minimum Gasteiger partial charge on any atom is -0.325 e. The van der Waals surface area contributed by atoms with Crippen LogP contribution in [0.25, 0.3) is 10.2 Å². The number of nitrogens with zero attached hydrogens (tertiary/aromatic N) is 3. The molecule has 3 aromatic rings. The molecule has 3 amide bonds. The first-order valence-corrected chi connectivity index (χ1v) is 12.4. The Morgan fingerprint density at radius 3 is 2.44 bits per heavy atom. The fourth-order valence-electron chi connectivity index (χ4n) is 3.13. The maximum Gasteiger partial charge on any atom is 0.330 e. The number of aromatic nitrogens is 1. The molecule has 2 aromatic carbocycles. The zero-order chi connectivity index (χ0) is 25.0. The number of hydrogen-bond donors (Lipinski definition) is 2. The van der Waals surface area contributed by atoms with Crippen LogP contribution in [0.2, 0.25) is 0 Å². The Morgan fingerprint density at radius 2 is 1.79 bits per heavy atom. The van der Waals surface area contributed by atoms with Gasteiger partial charge in [-0.25, -0.2) is 23.3 Å². The van der Waals surface area contributed by atoms with E-state index in [-0.39, 0.29) is 18.5 Å². The summed E-state index contributed by atoms with van der Waals surface area (Å²) in [5, 5.41) is 2.32. The molecule has 13 heteroatoms. The Kier molecular flexibility index (Phi) is 7.79. The van der Waals surface area contributed by atoms with E-state index in [0.29, 0.717) is 17.3 Å². The van der Waals surface area contributed by atoms with Crippen molar-refractivity contribution in [3.63, 3.8) is 0 Å². The lowest BCUT2D eigenvalue weighted by atomic mass is 10.0. The Balaban J connectivity index is 1.87. The third-order valence-electron chi connectivity index (χ3n) is 5.07. The minimum absolute atomic E-state index is 0.105. The van der Waals surface area contributed by atoms with Gasteiger partial charge in [0.2, 0.25) is 5.91 Å². The second-order valence-electron chi connectivity index (χ2n) is 7.43. The van der Waals surface area contributed by atoms with Gasteiger partial charge in [-0.1, -0.05) is 6.92 Å². The van der Waals surface area contributed by atoms with E-state index >= 15 is 0 Å². The van der Waals surface area contributed by atoms with Crippen LogP contribution in [0.3, 0.4) is 0 Å². The molecule has 0 spiro atoms. The van der Waals surface area contributed by atoms with Crippen LogP contribution in [0.4, 0.5) is 19.3 Å². The van der Waals surface area contributed by atoms with Crippen molar-refractivity contribution in [2.24, 2.45) is 0 Å². The topological polar surface area (TPSA) is 112 Å². The normalized spacial score (nSPS) is 12.5. The third-order valence-corrected chi connectivity index (χ3v) is 7.41. The minimum atomic E-state index is -4.14. The van der Waals surface area contributed by atoms with Crippen molar-refractivity contribution in [3.8, 4) is 0 Å². The van der Waals surface area contributed by atoms with Crippen LogP contribution in [-0.4, -0.2) is 56.3 Å². The molecular formula is C21H23F2N5O4S2. The molecule has 0 saturated heterocycles. The van der Waals surface area contributed by atoms with Gasteiger partial charge in [0, 0.05) is 38.8 Å². The highest BCUT2D eigenvalue weighted by atomic mass is 32.2. The molecule has 0 aliphatic heterocycles. The maximum atomic E-state index is 13.7. The van der Waals surface area contributed by atoms with Crippen LogP contribution < -0.4 is 14.9 Å². The molecule has 1 aromatic heterocycles. The first-order valence-electron chi connectivity index (χ1n) is 10.1. The molecule has 0 bridgehead atoms. The summed E-state index contributed by atoms with van der Waals surface area (Å²) in [6.45, 7) is 1.69. The van der Waals surface area contributed by atoms with Gasteiger partial charge in [0.15, 0.2) is 0 Å². The van der Waals surface area contributed by atoms with Crippen LogP contribution in [-0.2, 0) is 21.4 Å². The van der Waals surface area contributed by atoms with E-state index in [1.807, 2.05) is 4.72 Å². The van der Waals surface area contributed by atoms with Crippen LogP contribution in [0.15, 0.2) is 41.9 Å². The first kappa shape index (κ1) is 25.5. The van der Waals surface area contributed by atoms with Gasteiger partial charge in [-0.2, -0.15) is 12.7 Å². The molecule has 2 N–H and O–H groups in total. The van der Waals surface area contributed by atoms with Crippen molar-refractivity contribution < 1.29 is 26.8 Å². The van der Waals surface area contributed by atoms with Crippen LogP contribution in [0.5, 0.6) is 0 Å². The number of nitrogens with one attached hydrogen (secondary N) is 2. The number of carbonyl (C=O) groups excluding carboxylic acids is 2. The second-order valence-corrected chi connectivity index (χ2v) is 10.1. The van der Waals surface area contributed by atoms with Crippen molar-refractivity contribution >= 4 is 49.4 Å². The number of anilines is 1. The van der Waals surface area contributed by atoms with Crippen molar-refractivity contribution in [1.29, 1.82) is 0 Å². The number of likely N-dealkylation sites (N-methyl/N-ethyl adjacent to an activating group) is 1. The smallest absolute Gasteiger partial charge is 0.325 e. The fraction of sp³-hybridized carbons (Fsp3) is 0.286. The Morgan fingerprint density at radius 1 is 1.12 bits per heavy atom. The predicted octanol–water partition coefficient (Wildman–Crippen LogP) is 2.64. The van der Waals surface area contributed by atoms with Gasteiger partial charge < -0.3 is 10.2 Å². The lowest BCUT2D eigenvalue weighted by Gasteiger charge is -2.25. The molecule has 9 nitrogen and oxygen atoms in total. The molecule has 3 rings (SSSR count). The zero-order valence-corrected chi connectivity index (χ0v) is 20.2. The Labute approximate surface area is 199 Å². The fourth-order valence-corrected chi connectivity index (χ4v) is 4.58. The molecule has 0 radical (unpaired) electrons. The summed E-state index contributed by atoms with van der Waals surface area (Å²) in [6, 6.07) is 5.43. The van der Waals surface area contributed by atoms with Crippen molar-refractivity contribution in [1.82, 2.24) is 19.3 Å². The largest absolute Gasteiger partial charge is 0.330 e. The van der Waals surface area contributed by atoms with E-state index in [0.717, 1.165) is 21.1 Å². The average molecular weight is 512 g/mol. The summed E-state index contributed by atoms with van der Waals surface area (Å²) in [6.07, 6.45) is -0.284. The lowest BCUT2D eigenvalue weighted by molar-refractivity contribution is -0.120. The summed E-state index contributed by atoms with van der Waals surface area (Å²) < 4.78 is 55.4. The molecule has 34 heavy (non-hydrogen) atoms. The highest BCUT2D eigenvalue weighted by molar-refractivity contribution is 7.87. The molecule has 0 fully saturated rings. The van der Waals surface area contributed by atoms with Gasteiger partial charge in [0.05, 0.1) is 15.7 Å². The number of thiazole rings is 1. The number of rotatable bonds is 8. The number of benzene rings is 2. The van der Waals surface area contributed by atoms with Crippen molar-refractivity contribution in [3.05, 3.63) is 59.1 Å².